The minimum absolute atomic E-state index is 0.0358. The molecule has 0 aromatic heterocycles. The van der Waals surface area contributed by atoms with Gasteiger partial charge in [0.15, 0.2) is 6.10 Å². The van der Waals surface area contributed by atoms with Gasteiger partial charge in [-0.1, -0.05) is 18.5 Å². The number of hydrogen-bond donors (Lipinski definition) is 1. The van der Waals surface area contributed by atoms with Crippen LogP contribution in [0.25, 0.3) is 0 Å². The third kappa shape index (κ3) is 5.02. The molecule has 0 aliphatic heterocycles. The second-order valence-electron chi connectivity index (χ2n) is 4.64. The highest BCUT2D eigenvalue weighted by Gasteiger charge is 2.18. The van der Waals surface area contributed by atoms with Crippen LogP contribution in [0.3, 0.4) is 0 Å². The van der Waals surface area contributed by atoms with Gasteiger partial charge in [-0.3, -0.25) is 0 Å². The molecule has 2 unspecified atom stereocenters. The summed E-state index contributed by atoms with van der Waals surface area (Å²) in [4.78, 5) is 11.6. The molecule has 0 spiro atoms. The van der Waals surface area contributed by atoms with Gasteiger partial charge in [0.2, 0.25) is 0 Å². The largest absolute Gasteiger partial charge is 0.479 e. The molecule has 0 saturated heterocycles. The number of halogens is 1. The minimum atomic E-state index is -0.660. The standard InChI is InChI=1S/C15H22ClNO3/c1-4-13(17)9-11-8-12(16)6-7-14(11)20-10(3)15(18)19-5-2/h6-8,10,13H,4-5,9,17H2,1-3H3. The van der Waals surface area contributed by atoms with Crippen molar-refractivity contribution in [2.45, 2.75) is 45.8 Å². The van der Waals surface area contributed by atoms with Gasteiger partial charge in [-0.15, -0.1) is 0 Å². The van der Waals surface area contributed by atoms with Crippen LogP contribution in [0.15, 0.2) is 18.2 Å². The van der Waals surface area contributed by atoms with E-state index < -0.39 is 6.10 Å². The lowest BCUT2D eigenvalue weighted by Gasteiger charge is -2.18. The van der Waals surface area contributed by atoms with Crippen LogP contribution in [0.4, 0.5) is 0 Å². The Bertz CT molecular complexity index is 451. The maximum Gasteiger partial charge on any atom is 0.347 e. The zero-order valence-corrected chi connectivity index (χ0v) is 12.9. The topological polar surface area (TPSA) is 61.5 Å². The molecule has 2 atom stereocenters. The zero-order valence-electron chi connectivity index (χ0n) is 12.2. The predicted molar refractivity (Wildman–Crippen MR) is 80.1 cm³/mol. The van der Waals surface area contributed by atoms with Crippen molar-refractivity contribution in [2.24, 2.45) is 5.73 Å². The van der Waals surface area contributed by atoms with Crippen molar-refractivity contribution in [3.8, 4) is 5.75 Å². The average Bonchev–Trinajstić information content (AvgIpc) is 2.41. The van der Waals surface area contributed by atoms with Crippen LogP contribution in [0.5, 0.6) is 5.75 Å². The van der Waals surface area contributed by atoms with Crippen molar-refractivity contribution >= 4 is 17.6 Å². The number of carbonyl (C=O) groups is 1. The summed E-state index contributed by atoms with van der Waals surface area (Å²) in [6.45, 7) is 5.78. The summed E-state index contributed by atoms with van der Waals surface area (Å²) in [5.41, 5.74) is 6.88. The van der Waals surface area contributed by atoms with Crippen molar-refractivity contribution in [2.75, 3.05) is 6.61 Å². The molecule has 112 valence electrons. The number of hydrogen-bond acceptors (Lipinski definition) is 4. The van der Waals surface area contributed by atoms with E-state index in [9.17, 15) is 4.79 Å². The summed E-state index contributed by atoms with van der Waals surface area (Å²) in [5, 5.41) is 0.624. The third-order valence-electron chi connectivity index (χ3n) is 2.95. The molecule has 0 bridgehead atoms. The van der Waals surface area contributed by atoms with Crippen LogP contribution >= 0.6 is 11.6 Å². The van der Waals surface area contributed by atoms with Crippen LogP contribution in [-0.4, -0.2) is 24.7 Å². The zero-order chi connectivity index (χ0) is 15.1. The van der Waals surface area contributed by atoms with Gasteiger partial charge in [0.05, 0.1) is 6.61 Å². The Hall–Kier alpha value is -1.26. The smallest absolute Gasteiger partial charge is 0.347 e. The molecule has 2 N–H and O–H groups in total. The van der Waals surface area contributed by atoms with E-state index in [1.165, 1.54) is 0 Å². The summed E-state index contributed by atoms with van der Waals surface area (Å²) in [6.07, 6.45) is 0.856. The van der Waals surface area contributed by atoms with Crippen molar-refractivity contribution in [1.82, 2.24) is 0 Å². The number of rotatable bonds is 7. The normalized spacial score (nSPS) is 13.7. The number of benzene rings is 1. The lowest BCUT2D eigenvalue weighted by atomic mass is 10.0. The average molecular weight is 300 g/mol. The molecule has 1 aromatic carbocycles. The molecule has 0 radical (unpaired) electrons. The molecule has 0 heterocycles. The van der Waals surface area contributed by atoms with Crippen LogP contribution in [0.1, 0.15) is 32.8 Å². The molecule has 0 amide bonds. The van der Waals surface area contributed by atoms with E-state index in [1.807, 2.05) is 13.0 Å². The first-order valence-corrected chi connectivity index (χ1v) is 7.23. The van der Waals surface area contributed by atoms with Gasteiger partial charge < -0.3 is 15.2 Å². The van der Waals surface area contributed by atoms with E-state index in [1.54, 1.807) is 26.0 Å². The van der Waals surface area contributed by atoms with Gasteiger partial charge in [0, 0.05) is 11.1 Å². The van der Waals surface area contributed by atoms with Gasteiger partial charge in [-0.25, -0.2) is 4.79 Å². The molecule has 1 rings (SSSR count). The number of ether oxygens (including phenoxy) is 2. The van der Waals surface area contributed by atoms with Crippen molar-refractivity contribution in [1.29, 1.82) is 0 Å². The highest BCUT2D eigenvalue weighted by atomic mass is 35.5. The van der Waals surface area contributed by atoms with E-state index in [-0.39, 0.29) is 12.0 Å². The predicted octanol–water partition coefficient (Wildman–Crippen LogP) is 2.95. The molecule has 20 heavy (non-hydrogen) atoms. The van der Waals surface area contributed by atoms with Crippen molar-refractivity contribution < 1.29 is 14.3 Å². The first kappa shape index (κ1) is 16.8. The Morgan fingerprint density at radius 3 is 2.70 bits per heavy atom. The van der Waals surface area contributed by atoms with Gasteiger partial charge >= 0.3 is 5.97 Å². The van der Waals surface area contributed by atoms with Crippen LogP contribution in [-0.2, 0) is 16.0 Å². The molecule has 1 aromatic rings. The molecule has 4 nitrogen and oxygen atoms in total. The third-order valence-corrected chi connectivity index (χ3v) is 3.19. The number of nitrogens with two attached hydrogens (primary N) is 1. The summed E-state index contributed by atoms with van der Waals surface area (Å²) >= 11 is 6.00. The van der Waals surface area contributed by atoms with Gasteiger partial charge in [-0.05, 0) is 50.5 Å². The van der Waals surface area contributed by atoms with Gasteiger partial charge in [-0.2, -0.15) is 0 Å². The van der Waals surface area contributed by atoms with E-state index in [2.05, 4.69) is 0 Å². The fraction of sp³-hybridized carbons (Fsp3) is 0.533. The van der Waals surface area contributed by atoms with Crippen LogP contribution in [0, 0.1) is 0 Å². The van der Waals surface area contributed by atoms with Crippen molar-refractivity contribution in [3.63, 3.8) is 0 Å². The van der Waals surface area contributed by atoms with E-state index >= 15 is 0 Å². The van der Waals surface area contributed by atoms with E-state index in [0.29, 0.717) is 23.8 Å². The molecule has 0 aliphatic carbocycles. The number of esters is 1. The molecule has 0 aliphatic rings. The summed E-state index contributed by atoms with van der Waals surface area (Å²) < 4.78 is 10.6. The highest BCUT2D eigenvalue weighted by Crippen LogP contribution is 2.25. The molecule has 0 saturated carbocycles. The Kier molecular flexibility index (Phi) is 6.82. The first-order valence-electron chi connectivity index (χ1n) is 6.85. The second kappa shape index (κ2) is 8.12. The second-order valence-corrected chi connectivity index (χ2v) is 5.07. The van der Waals surface area contributed by atoms with Gasteiger partial charge in [0.25, 0.3) is 0 Å². The van der Waals surface area contributed by atoms with Gasteiger partial charge in [0.1, 0.15) is 5.75 Å². The maximum absolute atomic E-state index is 11.6. The lowest BCUT2D eigenvalue weighted by Crippen LogP contribution is -2.27. The minimum Gasteiger partial charge on any atom is -0.479 e. The number of carbonyl (C=O) groups excluding carboxylic acids is 1. The SMILES string of the molecule is CCOC(=O)C(C)Oc1ccc(Cl)cc1CC(N)CC. The highest BCUT2D eigenvalue weighted by molar-refractivity contribution is 6.30. The molecule has 0 fully saturated rings. The van der Waals surface area contributed by atoms with Crippen LogP contribution < -0.4 is 10.5 Å². The lowest BCUT2D eigenvalue weighted by molar-refractivity contribution is -0.150. The fourth-order valence-corrected chi connectivity index (χ4v) is 1.94. The fourth-order valence-electron chi connectivity index (χ4n) is 1.75. The Morgan fingerprint density at radius 1 is 1.40 bits per heavy atom. The molecule has 5 heteroatoms. The summed E-state index contributed by atoms with van der Waals surface area (Å²) in [5.74, 6) is 0.243. The van der Waals surface area contributed by atoms with E-state index in [0.717, 1.165) is 12.0 Å². The van der Waals surface area contributed by atoms with Crippen molar-refractivity contribution in [3.05, 3.63) is 28.8 Å². The maximum atomic E-state index is 11.6. The first-order chi connectivity index (χ1) is 9.47. The van der Waals surface area contributed by atoms with E-state index in [4.69, 9.17) is 26.8 Å². The molecular formula is C15H22ClNO3. The summed E-state index contributed by atoms with van der Waals surface area (Å²) in [7, 11) is 0. The Morgan fingerprint density at radius 2 is 2.10 bits per heavy atom. The van der Waals surface area contributed by atoms with Crippen LogP contribution in [0.2, 0.25) is 5.02 Å². The Labute approximate surface area is 125 Å². The monoisotopic (exact) mass is 299 g/mol. The molecular weight excluding hydrogens is 278 g/mol. The summed E-state index contributed by atoms with van der Waals surface area (Å²) in [6, 6.07) is 5.35. The Balaban J connectivity index is 2.85. The quantitative estimate of drug-likeness (QED) is 0.786.